The minimum atomic E-state index is -1.15. The van der Waals surface area contributed by atoms with Crippen LogP contribution in [0.5, 0.6) is 0 Å². The molecule has 0 heterocycles. The average molecular weight is 253 g/mol. The summed E-state index contributed by atoms with van der Waals surface area (Å²) in [5.41, 5.74) is 0.481. The van der Waals surface area contributed by atoms with E-state index in [1.165, 1.54) is 18.2 Å². The molecule has 0 atom stereocenters. The molecule has 0 aliphatic carbocycles. The van der Waals surface area contributed by atoms with Gasteiger partial charge in [0.25, 0.3) is 5.69 Å². The van der Waals surface area contributed by atoms with Crippen LogP contribution in [0.3, 0.4) is 0 Å². The molecule has 8 nitrogen and oxygen atoms in total. The summed E-state index contributed by atoms with van der Waals surface area (Å²) in [6.45, 7) is -0.409. The van der Waals surface area contributed by atoms with Gasteiger partial charge in [-0.1, -0.05) is 12.1 Å². The van der Waals surface area contributed by atoms with Crippen LogP contribution in [0.4, 0.5) is 10.5 Å². The van der Waals surface area contributed by atoms with Crippen molar-refractivity contribution in [1.82, 2.24) is 10.6 Å². The zero-order chi connectivity index (χ0) is 13.5. The fourth-order valence-corrected chi connectivity index (χ4v) is 1.18. The Morgan fingerprint density at radius 1 is 1.33 bits per heavy atom. The zero-order valence-corrected chi connectivity index (χ0v) is 9.25. The predicted molar refractivity (Wildman–Crippen MR) is 61.0 cm³/mol. The first-order valence-electron chi connectivity index (χ1n) is 4.96. The van der Waals surface area contributed by atoms with Crippen molar-refractivity contribution >= 4 is 17.7 Å². The lowest BCUT2D eigenvalue weighted by atomic mass is 10.2. The summed E-state index contributed by atoms with van der Waals surface area (Å²) >= 11 is 0. The average Bonchev–Trinajstić information content (AvgIpc) is 2.34. The van der Waals surface area contributed by atoms with Crippen molar-refractivity contribution in [2.45, 2.75) is 6.54 Å². The summed E-state index contributed by atoms with van der Waals surface area (Å²) in [4.78, 5) is 31.3. The molecule has 0 spiro atoms. The summed E-state index contributed by atoms with van der Waals surface area (Å²) in [7, 11) is 0. The van der Waals surface area contributed by atoms with Crippen LogP contribution in [0.25, 0.3) is 0 Å². The molecule has 0 saturated heterocycles. The van der Waals surface area contributed by atoms with Gasteiger partial charge in [-0.15, -0.1) is 0 Å². The third-order valence-corrected chi connectivity index (χ3v) is 1.97. The summed E-state index contributed by atoms with van der Waals surface area (Å²) in [6.07, 6.45) is 0. The third-order valence-electron chi connectivity index (χ3n) is 1.97. The number of carbonyl (C=O) groups is 2. The van der Waals surface area contributed by atoms with Crippen LogP contribution in [0.2, 0.25) is 0 Å². The van der Waals surface area contributed by atoms with E-state index < -0.39 is 23.5 Å². The van der Waals surface area contributed by atoms with Gasteiger partial charge >= 0.3 is 12.0 Å². The van der Waals surface area contributed by atoms with Gasteiger partial charge in [-0.25, -0.2) is 4.79 Å². The molecule has 8 heteroatoms. The molecule has 2 amide bonds. The lowest BCUT2D eigenvalue weighted by Crippen LogP contribution is -2.37. The van der Waals surface area contributed by atoms with Gasteiger partial charge in [-0.3, -0.25) is 14.9 Å². The Morgan fingerprint density at radius 2 is 2.06 bits per heavy atom. The molecule has 3 N–H and O–H groups in total. The number of carboxylic acids is 1. The fourth-order valence-electron chi connectivity index (χ4n) is 1.18. The maximum atomic E-state index is 11.1. The number of nitro groups is 1. The van der Waals surface area contributed by atoms with Gasteiger partial charge in [0.05, 0.1) is 4.92 Å². The molecule has 0 aliphatic heterocycles. The van der Waals surface area contributed by atoms with E-state index >= 15 is 0 Å². The van der Waals surface area contributed by atoms with Gasteiger partial charge in [-0.2, -0.15) is 0 Å². The largest absolute Gasteiger partial charge is 0.480 e. The third kappa shape index (κ3) is 4.47. The standard InChI is InChI=1S/C10H11N3O5/c14-9(15)6-12-10(16)11-5-7-2-1-3-8(4-7)13(17)18/h1-4H,5-6H2,(H,14,15)(H2,11,12,16). The van der Waals surface area contributed by atoms with Crippen LogP contribution in [0.1, 0.15) is 5.56 Å². The Morgan fingerprint density at radius 3 is 2.67 bits per heavy atom. The normalized spacial score (nSPS) is 9.56. The molecule has 18 heavy (non-hydrogen) atoms. The van der Waals surface area contributed by atoms with Crippen molar-refractivity contribution in [1.29, 1.82) is 0 Å². The summed E-state index contributed by atoms with van der Waals surface area (Å²) in [5, 5.41) is 23.3. The van der Waals surface area contributed by atoms with Crippen LogP contribution < -0.4 is 10.6 Å². The Labute approximate surface area is 102 Å². The number of carbonyl (C=O) groups excluding carboxylic acids is 1. The number of benzene rings is 1. The van der Waals surface area contributed by atoms with Crippen molar-refractivity contribution in [2.24, 2.45) is 0 Å². The van der Waals surface area contributed by atoms with Gasteiger partial charge in [0.1, 0.15) is 6.54 Å². The van der Waals surface area contributed by atoms with Crippen molar-refractivity contribution in [3.63, 3.8) is 0 Å². The van der Waals surface area contributed by atoms with E-state index in [2.05, 4.69) is 10.6 Å². The first-order valence-corrected chi connectivity index (χ1v) is 4.96. The SMILES string of the molecule is O=C(O)CNC(=O)NCc1cccc([N+](=O)[O-])c1. The Balaban J connectivity index is 2.48. The van der Waals surface area contributed by atoms with Crippen LogP contribution in [0.15, 0.2) is 24.3 Å². The highest BCUT2D eigenvalue weighted by molar-refractivity contribution is 5.79. The monoisotopic (exact) mass is 253 g/mol. The number of hydrogen-bond donors (Lipinski definition) is 3. The van der Waals surface area contributed by atoms with E-state index in [0.717, 1.165) is 0 Å². The number of amides is 2. The number of nitrogens with zero attached hydrogens (tertiary/aromatic N) is 1. The highest BCUT2D eigenvalue weighted by atomic mass is 16.6. The van der Waals surface area contributed by atoms with Crippen molar-refractivity contribution in [2.75, 3.05) is 6.54 Å². The second-order valence-corrected chi connectivity index (χ2v) is 3.36. The molecule has 0 fully saturated rings. The minimum absolute atomic E-state index is 0.0692. The number of urea groups is 1. The topological polar surface area (TPSA) is 122 Å². The predicted octanol–water partition coefficient (Wildman–Crippen LogP) is 0.479. The smallest absolute Gasteiger partial charge is 0.323 e. The van der Waals surface area contributed by atoms with Gasteiger partial charge in [0.15, 0.2) is 0 Å². The number of hydrogen-bond acceptors (Lipinski definition) is 4. The molecule has 1 aromatic rings. The maximum Gasteiger partial charge on any atom is 0.323 e. The van der Waals surface area contributed by atoms with Crippen LogP contribution >= 0.6 is 0 Å². The van der Waals surface area contributed by atoms with Gasteiger partial charge < -0.3 is 15.7 Å². The van der Waals surface area contributed by atoms with E-state index in [4.69, 9.17) is 5.11 Å². The lowest BCUT2D eigenvalue weighted by molar-refractivity contribution is -0.384. The molecular formula is C10H11N3O5. The Bertz CT molecular complexity index is 474. The van der Waals surface area contributed by atoms with E-state index in [0.29, 0.717) is 5.56 Å². The molecule has 0 aromatic heterocycles. The molecule has 1 aromatic carbocycles. The minimum Gasteiger partial charge on any atom is -0.480 e. The highest BCUT2D eigenvalue weighted by Gasteiger charge is 2.07. The molecule has 0 bridgehead atoms. The number of nitrogens with one attached hydrogen (secondary N) is 2. The zero-order valence-electron chi connectivity index (χ0n) is 9.25. The number of aliphatic carboxylic acids is 1. The second-order valence-electron chi connectivity index (χ2n) is 3.36. The molecule has 0 aliphatic rings. The van der Waals surface area contributed by atoms with Crippen molar-refractivity contribution in [3.8, 4) is 0 Å². The summed E-state index contributed by atoms with van der Waals surface area (Å²) in [5.74, 6) is -1.15. The Hall–Kier alpha value is -2.64. The van der Waals surface area contributed by atoms with Crippen LogP contribution in [-0.4, -0.2) is 28.6 Å². The summed E-state index contributed by atoms with van der Waals surface area (Å²) < 4.78 is 0. The molecule has 0 unspecified atom stereocenters. The Kier molecular flexibility index (Phi) is 4.61. The molecule has 0 saturated carbocycles. The highest BCUT2D eigenvalue weighted by Crippen LogP contribution is 2.12. The number of nitro benzene ring substituents is 1. The molecular weight excluding hydrogens is 242 g/mol. The van der Waals surface area contributed by atoms with Crippen molar-refractivity contribution in [3.05, 3.63) is 39.9 Å². The molecule has 1 rings (SSSR count). The van der Waals surface area contributed by atoms with E-state index in [1.54, 1.807) is 6.07 Å². The van der Waals surface area contributed by atoms with Gasteiger partial charge in [0, 0.05) is 18.7 Å². The second kappa shape index (κ2) is 6.18. The van der Waals surface area contributed by atoms with Gasteiger partial charge in [-0.05, 0) is 5.56 Å². The van der Waals surface area contributed by atoms with Crippen LogP contribution in [-0.2, 0) is 11.3 Å². The summed E-state index contributed by atoms with van der Waals surface area (Å²) in [6, 6.07) is 5.14. The molecule has 0 radical (unpaired) electrons. The quantitative estimate of drug-likeness (QED) is 0.520. The van der Waals surface area contributed by atoms with E-state index in [-0.39, 0.29) is 12.2 Å². The van der Waals surface area contributed by atoms with E-state index in [9.17, 15) is 19.7 Å². The molecule has 96 valence electrons. The number of carboxylic acid groups (broad SMARTS) is 1. The van der Waals surface area contributed by atoms with Crippen molar-refractivity contribution < 1.29 is 19.6 Å². The first-order chi connectivity index (χ1) is 8.49. The lowest BCUT2D eigenvalue weighted by Gasteiger charge is -2.05. The first kappa shape index (κ1) is 13.4. The van der Waals surface area contributed by atoms with Gasteiger partial charge in [0.2, 0.25) is 0 Å². The maximum absolute atomic E-state index is 11.1. The number of rotatable bonds is 5. The van der Waals surface area contributed by atoms with Crippen LogP contribution in [0, 0.1) is 10.1 Å². The fraction of sp³-hybridized carbons (Fsp3) is 0.200. The van der Waals surface area contributed by atoms with E-state index in [1.807, 2.05) is 0 Å². The number of non-ortho nitro benzene ring substituents is 1.